The van der Waals surface area contributed by atoms with Gasteiger partial charge in [-0.25, -0.2) is 0 Å². The van der Waals surface area contributed by atoms with Gasteiger partial charge in [0, 0.05) is 24.6 Å². The van der Waals surface area contributed by atoms with Gasteiger partial charge in [-0.15, -0.1) is 0 Å². The Labute approximate surface area is 177 Å². The number of Topliss-reactive ketones (excluding diaryl/α,β-unsaturated/α-hetero) is 1. The van der Waals surface area contributed by atoms with Crippen LogP contribution in [-0.2, 0) is 4.79 Å². The first-order chi connectivity index (χ1) is 14.4. The third-order valence-corrected chi connectivity index (χ3v) is 6.70. The number of rotatable bonds is 6. The number of carbonyl (C=O) groups excluding carboxylic acids is 2. The van der Waals surface area contributed by atoms with Gasteiger partial charge in [0.15, 0.2) is 17.3 Å². The van der Waals surface area contributed by atoms with Gasteiger partial charge in [0.2, 0.25) is 0 Å². The molecule has 6 heteroatoms. The smallest absolute Gasteiger partial charge is 0.289 e. The molecular formula is C24H29NO5. The van der Waals surface area contributed by atoms with Gasteiger partial charge in [0.1, 0.15) is 5.78 Å². The summed E-state index contributed by atoms with van der Waals surface area (Å²) in [6, 6.07) is 9.19. The summed E-state index contributed by atoms with van der Waals surface area (Å²) in [5.41, 5.74) is 0.182. The van der Waals surface area contributed by atoms with Gasteiger partial charge >= 0.3 is 0 Å². The fourth-order valence-corrected chi connectivity index (χ4v) is 4.81. The van der Waals surface area contributed by atoms with Crippen molar-refractivity contribution >= 4 is 11.7 Å². The average Bonchev–Trinajstić information content (AvgIpc) is 3.49. The second-order valence-corrected chi connectivity index (χ2v) is 8.59. The Morgan fingerprint density at radius 2 is 1.93 bits per heavy atom. The van der Waals surface area contributed by atoms with Crippen LogP contribution in [0.3, 0.4) is 0 Å². The van der Waals surface area contributed by atoms with Gasteiger partial charge in [0.25, 0.3) is 5.91 Å². The van der Waals surface area contributed by atoms with Crippen molar-refractivity contribution in [2.75, 3.05) is 20.2 Å². The van der Waals surface area contributed by atoms with Gasteiger partial charge in [-0.3, -0.25) is 9.59 Å². The molecule has 160 valence electrons. The molecule has 2 aliphatic rings. The SMILES string of the molecule is COc1c(OC2CCCC2)cccc1C1CN(C(=O)c2ccco2)CC1(C)C(C)=O. The molecule has 2 atom stereocenters. The summed E-state index contributed by atoms with van der Waals surface area (Å²) in [7, 11) is 1.63. The Bertz CT molecular complexity index is 916. The average molecular weight is 411 g/mol. The molecule has 1 aliphatic carbocycles. The van der Waals surface area contributed by atoms with Crippen molar-refractivity contribution in [3.05, 3.63) is 47.9 Å². The summed E-state index contributed by atoms with van der Waals surface area (Å²) in [6.07, 6.45) is 6.15. The molecule has 2 heterocycles. The Balaban J connectivity index is 1.68. The lowest BCUT2D eigenvalue weighted by molar-refractivity contribution is -0.125. The first-order valence-corrected chi connectivity index (χ1v) is 10.6. The largest absolute Gasteiger partial charge is 0.493 e. The topological polar surface area (TPSA) is 69.0 Å². The van der Waals surface area contributed by atoms with Crippen LogP contribution in [0.5, 0.6) is 11.5 Å². The van der Waals surface area contributed by atoms with Gasteiger partial charge in [-0.05, 0) is 50.8 Å². The molecule has 0 radical (unpaired) electrons. The third-order valence-electron chi connectivity index (χ3n) is 6.70. The molecule has 1 aliphatic heterocycles. The van der Waals surface area contributed by atoms with Crippen LogP contribution in [0.1, 0.15) is 61.6 Å². The Morgan fingerprint density at radius 1 is 1.17 bits per heavy atom. The second-order valence-electron chi connectivity index (χ2n) is 8.59. The molecule has 0 bridgehead atoms. The highest BCUT2D eigenvalue weighted by molar-refractivity contribution is 5.93. The minimum atomic E-state index is -0.721. The molecule has 2 fully saturated rings. The van der Waals surface area contributed by atoms with Crippen molar-refractivity contribution < 1.29 is 23.5 Å². The minimum absolute atomic E-state index is 0.0476. The second kappa shape index (κ2) is 8.17. The first kappa shape index (κ1) is 20.5. The zero-order chi connectivity index (χ0) is 21.3. The van der Waals surface area contributed by atoms with E-state index in [4.69, 9.17) is 13.9 Å². The summed E-state index contributed by atoms with van der Waals surface area (Å²) in [5, 5.41) is 0. The molecule has 2 aromatic rings. The summed E-state index contributed by atoms with van der Waals surface area (Å²) < 4.78 is 17.3. The maximum atomic E-state index is 12.9. The molecule has 6 nitrogen and oxygen atoms in total. The van der Waals surface area contributed by atoms with Crippen molar-refractivity contribution in [2.45, 2.75) is 51.6 Å². The first-order valence-electron chi connectivity index (χ1n) is 10.6. The molecule has 0 N–H and O–H groups in total. The number of para-hydroxylation sites is 1. The number of nitrogens with zero attached hydrogens (tertiary/aromatic N) is 1. The predicted octanol–water partition coefficient (Wildman–Crippen LogP) is 4.44. The van der Waals surface area contributed by atoms with E-state index in [9.17, 15) is 9.59 Å². The molecule has 4 rings (SSSR count). The lowest BCUT2D eigenvalue weighted by Crippen LogP contribution is -2.35. The number of furan rings is 1. The Hall–Kier alpha value is -2.76. The normalized spacial score (nSPS) is 24.2. The van der Waals surface area contributed by atoms with Crippen LogP contribution < -0.4 is 9.47 Å². The lowest BCUT2D eigenvalue weighted by Gasteiger charge is -2.29. The van der Waals surface area contributed by atoms with Crippen molar-refractivity contribution in [3.63, 3.8) is 0 Å². The van der Waals surface area contributed by atoms with E-state index in [-0.39, 0.29) is 29.5 Å². The Morgan fingerprint density at radius 3 is 2.57 bits per heavy atom. The fourth-order valence-electron chi connectivity index (χ4n) is 4.81. The number of benzene rings is 1. The molecule has 1 saturated heterocycles. The number of carbonyl (C=O) groups is 2. The third kappa shape index (κ3) is 3.59. The number of ether oxygens (including phenoxy) is 2. The van der Waals surface area contributed by atoms with Crippen molar-refractivity contribution in [3.8, 4) is 11.5 Å². The van der Waals surface area contributed by atoms with Crippen LogP contribution in [0.25, 0.3) is 0 Å². The number of hydrogen-bond acceptors (Lipinski definition) is 5. The van der Waals surface area contributed by atoms with E-state index in [1.54, 1.807) is 31.1 Å². The summed E-state index contributed by atoms with van der Waals surface area (Å²) in [5.74, 6) is 1.30. The maximum absolute atomic E-state index is 12.9. The number of hydrogen-bond donors (Lipinski definition) is 0. The van der Waals surface area contributed by atoms with Crippen LogP contribution >= 0.6 is 0 Å². The van der Waals surface area contributed by atoms with Gasteiger partial charge < -0.3 is 18.8 Å². The summed E-state index contributed by atoms with van der Waals surface area (Å²) in [4.78, 5) is 27.4. The number of likely N-dealkylation sites (tertiary alicyclic amines) is 1. The van der Waals surface area contributed by atoms with E-state index in [2.05, 4.69) is 0 Å². The van der Waals surface area contributed by atoms with Crippen LogP contribution in [0.2, 0.25) is 0 Å². The summed E-state index contributed by atoms with van der Waals surface area (Å²) >= 11 is 0. The molecule has 30 heavy (non-hydrogen) atoms. The molecule has 1 saturated carbocycles. The van der Waals surface area contributed by atoms with Crippen LogP contribution in [-0.4, -0.2) is 42.9 Å². The molecule has 1 aromatic heterocycles. The van der Waals surface area contributed by atoms with E-state index in [1.807, 2.05) is 25.1 Å². The molecule has 0 spiro atoms. The molecule has 2 unspecified atom stereocenters. The van der Waals surface area contributed by atoms with Crippen molar-refractivity contribution in [1.82, 2.24) is 4.90 Å². The van der Waals surface area contributed by atoms with Gasteiger partial charge in [-0.2, -0.15) is 0 Å². The van der Waals surface area contributed by atoms with Gasteiger partial charge in [-0.1, -0.05) is 19.1 Å². The van der Waals surface area contributed by atoms with Crippen molar-refractivity contribution in [1.29, 1.82) is 0 Å². The van der Waals surface area contributed by atoms with Crippen molar-refractivity contribution in [2.24, 2.45) is 5.41 Å². The molecule has 1 amide bonds. The highest BCUT2D eigenvalue weighted by Gasteiger charge is 2.50. The van der Waals surface area contributed by atoms with E-state index in [1.165, 1.54) is 19.1 Å². The predicted molar refractivity (Wildman–Crippen MR) is 112 cm³/mol. The van der Waals surface area contributed by atoms with Crippen LogP contribution in [0.15, 0.2) is 41.0 Å². The number of amides is 1. The molecular weight excluding hydrogens is 382 g/mol. The zero-order valence-corrected chi connectivity index (χ0v) is 17.8. The Kier molecular flexibility index (Phi) is 5.58. The summed E-state index contributed by atoms with van der Waals surface area (Å²) in [6.45, 7) is 4.28. The van der Waals surface area contributed by atoms with Gasteiger partial charge in [0.05, 0.1) is 24.9 Å². The van der Waals surface area contributed by atoms with E-state index < -0.39 is 5.41 Å². The lowest BCUT2D eigenvalue weighted by atomic mass is 9.73. The zero-order valence-electron chi connectivity index (χ0n) is 17.8. The standard InChI is InChI=1S/C24H29NO5/c1-16(26)24(2)15-25(23(27)21-12-7-13-29-21)14-19(24)18-10-6-11-20(22(18)28-3)30-17-8-4-5-9-17/h6-7,10-13,17,19H,4-5,8-9,14-15H2,1-3H3. The van der Waals surface area contributed by atoms with E-state index >= 15 is 0 Å². The number of ketones is 1. The van der Waals surface area contributed by atoms with Crippen LogP contribution in [0, 0.1) is 5.41 Å². The highest BCUT2D eigenvalue weighted by Crippen LogP contribution is 2.49. The highest BCUT2D eigenvalue weighted by atomic mass is 16.5. The fraction of sp³-hybridized carbons (Fsp3) is 0.500. The number of methoxy groups -OCH3 is 1. The quantitative estimate of drug-likeness (QED) is 0.703. The van der Waals surface area contributed by atoms with E-state index in [0.717, 1.165) is 18.4 Å². The molecule has 1 aromatic carbocycles. The monoisotopic (exact) mass is 411 g/mol. The van der Waals surface area contributed by atoms with E-state index in [0.29, 0.717) is 24.6 Å². The minimum Gasteiger partial charge on any atom is -0.493 e. The van der Waals surface area contributed by atoms with Crippen LogP contribution in [0.4, 0.5) is 0 Å². The maximum Gasteiger partial charge on any atom is 0.289 e.